The van der Waals surface area contributed by atoms with Crippen LogP contribution in [0.25, 0.3) is 0 Å². The summed E-state index contributed by atoms with van der Waals surface area (Å²) in [5.41, 5.74) is 0.902. The maximum atomic E-state index is 11.8. The molecular weight excluding hydrogens is 273 g/mol. The van der Waals surface area contributed by atoms with E-state index < -0.39 is 0 Å². The van der Waals surface area contributed by atoms with Gasteiger partial charge in [-0.1, -0.05) is 6.07 Å². The van der Waals surface area contributed by atoms with Crippen molar-refractivity contribution >= 4 is 30.7 Å². The minimum atomic E-state index is 0. The van der Waals surface area contributed by atoms with E-state index in [0.29, 0.717) is 6.54 Å². The van der Waals surface area contributed by atoms with Gasteiger partial charge in [0, 0.05) is 12.7 Å². The normalized spacial score (nSPS) is 18.1. The molecule has 0 aliphatic carbocycles. The average Bonchev–Trinajstić information content (AvgIpc) is 2.38. The van der Waals surface area contributed by atoms with Crippen molar-refractivity contribution in [1.29, 1.82) is 0 Å². The Kier molecular flexibility index (Phi) is 8.71. The predicted octanol–water partition coefficient (Wildman–Crippen LogP) is 1.54. The lowest BCUT2D eigenvalue weighted by Gasteiger charge is -2.21. The Morgan fingerprint density at radius 3 is 2.89 bits per heavy atom. The molecule has 0 spiro atoms. The number of carbonyl (C=O) groups excluding carboxylic acids is 1. The second kappa shape index (κ2) is 9.14. The maximum Gasteiger partial charge on any atom is 0.224 e. The lowest BCUT2D eigenvalue weighted by molar-refractivity contribution is -0.125. The Morgan fingerprint density at radius 1 is 1.44 bits per heavy atom. The van der Waals surface area contributed by atoms with Gasteiger partial charge in [-0.05, 0) is 31.5 Å². The highest BCUT2D eigenvalue weighted by molar-refractivity contribution is 5.85. The molecule has 2 N–H and O–H groups in total. The fourth-order valence-electron chi connectivity index (χ4n) is 1.90. The minimum absolute atomic E-state index is 0. The van der Waals surface area contributed by atoms with Gasteiger partial charge >= 0.3 is 0 Å². The van der Waals surface area contributed by atoms with E-state index in [1.165, 1.54) is 0 Å². The van der Waals surface area contributed by atoms with E-state index in [9.17, 15) is 4.79 Å². The summed E-state index contributed by atoms with van der Waals surface area (Å²) in [4.78, 5) is 16.0. The van der Waals surface area contributed by atoms with Crippen molar-refractivity contribution in [2.75, 3.05) is 13.1 Å². The van der Waals surface area contributed by atoms with Crippen molar-refractivity contribution in [1.82, 2.24) is 15.6 Å². The quantitative estimate of drug-likeness (QED) is 0.888. The van der Waals surface area contributed by atoms with E-state index in [4.69, 9.17) is 0 Å². The van der Waals surface area contributed by atoms with Gasteiger partial charge in [-0.3, -0.25) is 9.78 Å². The van der Waals surface area contributed by atoms with Gasteiger partial charge in [-0.25, -0.2) is 0 Å². The monoisotopic (exact) mass is 291 g/mol. The number of aromatic nitrogens is 1. The molecule has 102 valence electrons. The van der Waals surface area contributed by atoms with E-state index in [1.807, 2.05) is 18.2 Å². The molecule has 0 bridgehead atoms. The minimum Gasteiger partial charge on any atom is -0.350 e. The topological polar surface area (TPSA) is 54.0 Å². The van der Waals surface area contributed by atoms with Gasteiger partial charge in [0.2, 0.25) is 5.91 Å². The first-order valence-electron chi connectivity index (χ1n) is 5.74. The third kappa shape index (κ3) is 5.21. The van der Waals surface area contributed by atoms with Crippen molar-refractivity contribution in [3.63, 3.8) is 0 Å². The number of halogens is 2. The number of amides is 1. The number of nitrogens with zero attached hydrogens (tertiary/aromatic N) is 1. The number of hydrogen-bond donors (Lipinski definition) is 2. The zero-order valence-electron chi connectivity index (χ0n) is 10.1. The van der Waals surface area contributed by atoms with Crippen molar-refractivity contribution in [2.24, 2.45) is 5.92 Å². The first-order chi connectivity index (χ1) is 7.86. The van der Waals surface area contributed by atoms with Gasteiger partial charge in [-0.2, -0.15) is 0 Å². The summed E-state index contributed by atoms with van der Waals surface area (Å²) in [6, 6.07) is 5.71. The highest BCUT2D eigenvalue weighted by atomic mass is 35.5. The summed E-state index contributed by atoms with van der Waals surface area (Å²) in [7, 11) is 0. The highest BCUT2D eigenvalue weighted by Gasteiger charge is 2.20. The third-order valence-corrected chi connectivity index (χ3v) is 2.84. The molecule has 1 aromatic heterocycles. The van der Waals surface area contributed by atoms with Gasteiger partial charge < -0.3 is 10.6 Å². The molecule has 1 amide bonds. The molecule has 2 rings (SSSR count). The number of piperidine rings is 1. The Labute approximate surface area is 120 Å². The molecule has 1 aliphatic rings. The molecule has 0 radical (unpaired) electrons. The number of rotatable bonds is 3. The number of pyridine rings is 1. The van der Waals surface area contributed by atoms with E-state index in [2.05, 4.69) is 15.6 Å². The largest absolute Gasteiger partial charge is 0.350 e. The summed E-state index contributed by atoms with van der Waals surface area (Å²) in [5, 5.41) is 6.16. The third-order valence-electron chi connectivity index (χ3n) is 2.84. The second-order valence-electron chi connectivity index (χ2n) is 4.08. The lowest BCUT2D eigenvalue weighted by Crippen LogP contribution is -2.40. The van der Waals surface area contributed by atoms with Crippen LogP contribution in [0.1, 0.15) is 18.5 Å². The molecule has 1 saturated heterocycles. The van der Waals surface area contributed by atoms with Gasteiger partial charge in [0.15, 0.2) is 0 Å². The van der Waals surface area contributed by atoms with Gasteiger partial charge in [0.1, 0.15) is 0 Å². The van der Waals surface area contributed by atoms with E-state index in [0.717, 1.165) is 31.6 Å². The molecule has 0 aromatic carbocycles. The first kappa shape index (κ1) is 17.2. The molecule has 18 heavy (non-hydrogen) atoms. The Balaban J connectivity index is 0.00000144. The maximum absolute atomic E-state index is 11.8. The van der Waals surface area contributed by atoms with Gasteiger partial charge in [-0.15, -0.1) is 24.8 Å². The highest BCUT2D eigenvalue weighted by Crippen LogP contribution is 2.09. The van der Waals surface area contributed by atoms with Crippen LogP contribution >= 0.6 is 24.8 Å². The molecule has 0 unspecified atom stereocenters. The zero-order chi connectivity index (χ0) is 11.2. The molecule has 4 nitrogen and oxygen atoms in total. The van der Waals surface area contributed by atoms with E-state index in [1.54, 1.807) is 6.20 Å². The van der Waals surface area contributed by atoms with Crippen LogP contribution in [0, 0.1) is 5.92 Å². The van der Waals surface area contributed by atoms with E-state index in [-0.39, 0.29) is 36.6 Å². The molecular formula is C12H19Cl2N3O. The van der Waals surface area contributed by atoms with E-state index >= 15 is 0 Å². The van der Waals surface area contributed by atoms with Crippen molar-refractivity contribution in [3.8, 4) is 0 Å². The standard InChI is InChI=1S/C12H17N3O.2ClH/c16-12(10-4-3-6-13-8-10)15-9-11-5-1-2-7-14-11;;/h1-2,5,7,10,13H,3-4,6,8-9H2,(H,15,16);2*1H/t10-;;/m1../s1. The molecule has 0 saturated carbocycles. The smallest absolute Gasteiger partial charge is 0.224 e. The van der Waals surface area contributed by atoms with Crippen LogP contribution in [-0.2, 0) is 11.3 Å². The molecule has 1 atom stereocenters. The zero-order valence-corrected chi connectivity index (χ0v) is 11.7. The average molecular weight is 292 g/mol. The van der Waals surface area contributed by atoms with Crippen molar-refractivity contribution in [3.05, 3.63) is 30.1 Å². The number of nitrogens with one attached hydrogen (secondary N) is 2. The van der Waals surface area contributed by atoms with Crippen LogP contribution in [0.3, 0.4) is 0 Å². The van der Waals surface area contributed by atoms with Crippen LogP contribution in [-0.4, -0.2) is 24.0 Å². The summed E-state index contributed by atoms with van der Waals surface area (Å²) in [6.07, 6.45) is 3.81. The predicted molar refractivity (Wildman–Crippen MR) is 76.2 cm³/mol. The SMILES string of the molecule is Cl.Cl.O=C(NCc1ccccn1)[C@@H]1CCCNC1. The van der Waals surface area contributed by atoms with Gasteiger partial charge in [0.05, 0.1) is 18.2 Å². The molecule has 1 aromatic rings. The molecule has 1 fully saturated rings. The number of carbonyl (C=O) groups is 1. The summed E-state index contributed by atoms with van der Waals surface area (Å²) < 4.78 is 0. The van der Waals surface area contributed by atoms with Crippen LogP contribution in [0.5, 0.6) is 0 Å². The van der Waals surface area contributed by atoms with Gasteiger partial charge in [0.25, 0.3) is 0 Å². The fraction of sp³-hybridized carbons (Fsp3) is 0.500. The van der Waals surface area contributed by atoms with Crippen LogP contribution in [0.15, 0.2) is 24.4 Å². The molecule has 2 heterocycles. The Morgan fingerprint density at radius 2 is 2.28 bits per heavy atom. The summed E-state index contributed by atoms with van der Waals surface area (Å²) in [6.45, 7) is 2.36. The van der Waals surface area contributed by atoms with Crippen molar-refractivity contribution < 1.29 is 4.79 Å². The lowest BCUT2D eigenvalue weighted by atomic mass is 9.99. The summed E-state index contributed by atoms with van der Waals surface area (Å²) in [5.74, 6) is 0.260. The second-order valence-corrected chi connectivity index (χ2v) is 4.08. The fourth-order valence-corrected chi connectivity index (χ4v) is 1.90. The van der Waals surface area contributed by atoms with Crippen LogP contribution in [0.4, 0.5) is 0 Å². The molecule has 1 aliphatic heterocycles. The van der Waals surface area contributed by atoms with Crippen LogP contribution in [0.2, 0.25) is 0 Å². The Hall–Kier alpha value is -0.840. The van der Waals surface area contributed by atoms with Crippen LogP contribution < -0.4 is 10.6 Å². The number of hydrogen-bond acceptors (Lipinski definition) is 3. The van der Waals surface area contributed by atoms with Crippen molar-refractivity contribution in [2.45, 2.75) is 19.4 Å². The Bertz CT molecular complexity index is 342. The first-order valence-corrected chi connectivity index (χ1v) is 5.74. The molecule has 6 heteroatoms. The summed E-state index contributed by atoms with van der Waals surface area (Å²) >= 11 is 0.